The molecule has 5 rings (SSSR count). The molecule has 4 aliphatic heterocycles. The SMILES string of the molecule is O=C(O)C1=C(/C=C2\CCN(C3CC3)C2=O)C2CCN(C(=O)O)[C@@H]3C(=O)N1[C@H]23. The minimum Gasteiger partial charge on any atom is -0.477 e. The molecular formula is C18H19N3O6. The second kappa shape index (κ2) is 5.34. The van der Waals surface area contributed by atoms with Gasteiger partial charge in [-0.25, -0.2) is 9.59 Å². The van der Waals surface area contributed by atoms with E-state index < -0.39 is 30.1 Å². The molecule has 1 aliphatic carbocycles. The second-order valence-corrected chi connectivity index (χ2v) is 7.77. The molecule has 5 aliphatic rings. The molecular weight excluding hydrogens is 354 g/mol. The largest absolute Gasteiger partial charge is 0.477 e. The number of rotatable bonds is 3. The number of aliphatic carboxylic acids is 1. The number of piperidine rings is 1. The van der Waals surface area contributed by atoms with Crippen molar-refractivity contribution < 1.29 is 29.4 Å². The summed E-state index contributed by atoms with van der Waals surface area (Å²) >= 11 is 0. The van der Waals surface area contributed by atoms with Crippen LogP contribution in [0, 0.1) is 5.92 Å². The molecule has 0 radical (unpaired) electrons. The molecule has 3 atom stereocenters. The van der Waals surface area contributed by atoms with Crippen molar-refractivity contribution >= 4 is 23.9 Å². The monoisotopic (exact) mass is 373 g/mol. The van der Waals surface area contributed by atoms with E-state index >= 15 is 0 Å². The van der Waals surface area contributed by atoms with Crippen molar-refractivity contribution in [2.24, 2.45) is 5.92 Å². The standard InChI is InChI=1S/C18H19N3O6/c22-15-8(3-5-19(15)9-1-2-9)7-11-10-4-6-20(18(26)27)14-12(10)21(16(14)23)13(11)17(24)25/h7,9-10,12,14H,1-6H2,(H,24,25)(H,26,27)/b8-7+/t10?,12-,14+/m1/s1. The fourth-order valence-corrected chi connectivity index (χ4v) is 5.02. The Morgan fingerprint density at radius 1 is 1.07 bits per heavy atom. The molecule has 27 heavy (non-hydrogen) atoms. The van der Waals surface area contributed by atoms with Crippen LogP contribution in [0.4, 0.5) is 4.79 Å². The van der Waals surface area contributed by atoms with Crippen molar-refractivity contribution in [1.82, 2.24) is 14.7 Å². The maximum absolute atomic E-state index is 12.6. The van der Waals surface area contributed by atoms with Crippen LogP contribution < -0.4 is 0 Å². The molecule has 0 spiro atoms. The lowest BCUT2D eigenvalue weighted by Crippen LogP contribution is -2.73. The summed E-state index contributed by atoms with van der Waals surface area (Å²) in [6, 6.07) is -0.991. The average Bonchev–Trinajstić information content (AvgIpc) is 3.33. The van der Waals surface area contributed by atoms with Crippen molar-refractivity contribution in [1.29, 1.82) is 0 Å². The molecule has 2 N–H and O–H groups in total. The van der Waals surface area contributed by atoms with E-state index in [1.165, 1.54) is 4.90 Å². The van der Waals surface area contributed by atoms with Crippen LogP contribution in [0.15, 0.2) is 22.9 Å². The molecule has 1 unspecified atom stereocenters. The lowest BCUT2D eigenvalue weighted by atomic mass is 9.78. The molecule has 9 nitrogen and oxygen atoms in total. The van der Waals surface area contributed by atoms with Gasteiger partial charge in [0.05, 0.1) is 6.04 Å². The number of carboxylic acids is 1. The van der Waals surface area contributed by atoms with E-state index in [4.69, 9.17) is 0 Å². The van der Waals surface area contributed by atoms with E-state index in [2.05, 4.69) is 0 Å². The van der Waals surface area contributed by atoms with Crippen LogP contribution in [0.2, 0.25) is 0 Å². The number of β-lactam (4-membered cyclic amide) rings is 1. The predicted molar refractivity (Wildman–Crippen MR) is 89.4 cm³/mol. The number of likely N-dealkylation sites (tertiary alicyclic amines) is 2. The van der Waals surface area contributed by atoms with Gasteiger partial charge >= 0.3 is 12.1 Å². The van der Waals surface area contributed by atoms with Crippen molar-refractivity contribution in [3.63, 3.8) is 0 Å². The Hall–Kier alpha value is -2.84. The molecule has 0 aromatic heterocycles. The number of amides is 3. The van der Waals surface area contributed by atoms with Crippen molar-refractivity contribution in [3.8, 4) is 0 Å². The zero-order chi connectivity index (χ0) is 19.0. The van der Waals surface area contributed by atoms with Crippen LogP contribution in [0.25, 0.3) is 0 Å². The Morgan fingerprint density at radius 2 is 1.81 bits per heavy atom. The van der Waals surface area contributed by atoms with E-state index in [-0.39, 0.29) is 24.1 Å². The molecule has 9 heteroatoms. The van der Waals surface area contributed by atoms with Gasteiger partial charge in [0.2, 0.25) is 5.91 Å². The summed E-state index contributed by atoms with van der Waals surface area (Å²) in [5.41, 5.74) is 0.987. The lowest BCUT2D eigenvalue weighted by Gasteiger charge is -2.52. The highest BCUT2D eigenvalue weighted by atomic mass is 16.4. The fourth-order valence-electron chi connectivity index (χ4n) is 5.02. The van der Waals surface area contributed by atoms with Crippen molar-refractivity contribution in [2.75, 3.05) is 13.1 Å². The Balaban J connectivity index is 1.51. The third-order valence-corrected chi connectivity index (χ3v) is 6.38. The molecule has 142 valence electrons. The minimum atomic E-state index is -1.21. The highest BCUT2D eigenvalue weighted by molar-refractivity contribution is 6.04. The summed E-state index contributed by atoms with van der Waals surface area (Å²) in [5, 5.41) is 19.0. The first-order chi connectivity index (χ1) is 12.9. The van der Waals surface area contributed by atoms with Gasteiger partial charge in [-0.3, -0.25) is 19.4 Å². The number of hydrogen-bond acceptors (Lipinski definition) is 4. The van der Waals surface area contributed by atoms with Gasteiger partial charge < -0.3 is 15.1 Å². The molecule has 3 amide bonds. The van der Waals surface area contributed by atoms with E-state index in [1.807, 2.05) is 4.90 Å². The van der Waals surface area contributed by atoms with Crippen molar-refractivity contribution in [2.45, 2.75) is 43.8 Å². The van der Waals surface area contributed by atoms with E-state index in [0.29, 0.717) is 36.6 Å². The maximum atomic E-state index is 12.6. The molecule has 1 saturated carbocycles. The van der Waals surface area contributed by atoms with Crippen LogP contribution in [-0.4, -0.2) is 80.0 Å². The predicted octanol–water partition coefficient (Wildman–Crippen LogP) is 0.239. The summed E-state index contributed by atoms with van der Waals surface area (Å²) in [7, 11) is 0. The maximum Gasteiger partial charge on any atom is 0.408 e. The van der Waals surface area contributed by atoms with Crippen LogP contribution in [0.3, 0.4) is 0 Å². The van der Waals surface area contributed by atoms with Gasteiger partial charge in [0, 0.05) is 30.6 Å². The summed E-state index contributed by atoms with van der Waals surface area (Å²) in [6.45, 7) is 0.833. The van der Waals surface area contributed by atoms with Gasteiger partial charge in [0.25, 0.3) is 5.91 Å². The average molecular weight is 373 g/mol. The Labute approximate surface area is 154 Å². The van der Waals surface area contributed by atoms with E-state index in [1.54, 1.807) is 6.08 Å². The van der Waals surface area contributed by atoms with Crippen LogP contribution >= 0.6 is 0 Å². The van der Waals surface area contributed by atoms with Crippen LogP contribution in [0.1, 0.15) is 25.7 Å². The van der Waals surface area contributed by atoms with Gasteiger partial charge in [0.1, 0.15) is 11.7 Å². The number of nitrogens with zero attached hydrogens (tertiary/aromatic N) is 3. The van der Waals surface area contributed by atoms with Gasteiger partial charge in [0.15, 0.2) is 0 Å². The molecule has 0 bridgehead atoms. The van der Waals surface area contributed by atoms with Crippen LogP contribution in [0.5, 0.6) is 0 Å². The molecule has 0 aromatic carbocycles. The normalized spacial score (nSPS) is 33.7. The Bertz CT molecular complexity index is 857. The zero-order valence-corrected chi connectivity index (χ0v) is 14.5. The first-order valence-electron chi connectivity index (χ1n) is 9.21. The quantitative estimate of drug-likeness (QED) is 0.540. The zero-order valence-electron chi connectivity index (χ0n) is 14.5. The van der Waals surface area contributed by atoms with Gasteiger partial charge in [-0.1, -0.05) is 0 Å². The number of hydrogen-bond donors (Lipinski definition) is 2. The summed E-state index contributed by atoms with van der Waals surface area (Å²) in [6.07, 6.45) is 3.54. The van der Waals surface area contributed by atoms with E-state index in [0.717, 1.165) is 17.7 Å². The van der Waals surface area contributed by atoms with Gasteiger partial charge in [-0.05, 0) is 37.3 Å². The number of carbonyl (C=O) groups excluding carboxylic acids is 2. The molecule has 3 saturated heterocycles. The van der Waals surface area contributed by atoms with Gasteiger partial charge in [-0.2, -0.15) is 0 Å². The third-order valence-electron chi connectivity index (χ3n) is 6.38. The first kappa shape index (κ1) is 16.3. The second-order valence-electron chi connectivity index (χ2n) is 7.77. The summed E-state index contributed by atoms with van der Waals surface area (Å²) in [4.78, 5) is 52.6. The lowest BCUT2D eigenvalue weighted by molar-refractivity contribution is -0.161. The topological polar surface area (TPSA) is 118 Å². The number of allylic oxidation sites excluding steroid dienone is 1. The highest BCUT2D eigenvalue weighted by Gasteiger charge is 2.64. The Kier molecular flexibility index (Phi) is 3.23. The van der Waals surface area contributed by atoms with E-state index in [9.17, 15) is 29.4 Å². The summed E-state index contributed by atoms with van der Waals surface area (Å²) < 4.78 is 0. The smallest absolute Gasteiger partial charge is 0.408 e. The van der Waals surface area contributed by atoms with Gasteiger partial charge in [-0.15, -0.1) is 0 Å². The number of carboxylic acid groups (broad SMARTS) is 2. The molecule has 4 fully saturated rings. The van der Waals surface area contributed by atoms with Crippen molar-refractivity contribution in [3.05, 3.63) is 22.9 Å². The molecule has 0 aromatic rings. The number of carbonyl (C=O) groups is 4. The summed E-state index contributed by atoms with van der Waals surface area (Å²) in [5.74, 6) is -2.00. The fraction of sp³-hybridized carbons (Fsp3) is 0.556. The first-order valence-corrected chi connectivity index (χ1v) is 9.21. The third kappa shape index (κ3) is 2.11. The van der Waals surface area contributed by atoms with Crippen LogP contribution in [-0.2, 0) is 14.4 Å². The minimum absolute atomic E-state index is 0.0464. The Morgan fingerprint density at radius 3 is 2.44 bits per heavy atom. The molecule has 4 heterocycles. The highest BCUT2D eigenvalue weighted by Crippen LogP contribution is 2.50.